The molecule has 1 aromatic rings. The molecular weight excluding hydrogens is 285 g/mol. The molecule has 0 bridgehead atoms. The van der Waals surface area contributed by atoms with Crippen LogP contribution in [0.25, 0.3) is 0 Å². The maximum atomic E-state index is 13.2. The van der Waals surface area contributed by atoms with E-state index >= 15 is 0 Å². The second-order valence-corrected chi connectivity index (χ2v) is 4.56. The smallest absolute Gasteiger partial charge is 0.328 e. The van der Waals surface area contributed by atoms with Gasteiger partial charge < -0.3 is 10.5 Å². The summed E-state index contributed by atoms with van der Waals surface area (Å²) in [5.74, 6) is -14.1. The number of halogens is 5. The lowest BCUT2D eigenvalue weighted by atomic mass is 10.1. The van der Waals surface area contributed by atoms with Gasteiger partial charge in [-0.3, -0.25) is 0 Å². The predicted molar refractivity (Wildman–Crippen MR) is 59.3 cm³/mol. The van der Waals surface area contributed by atoms with Crippen molar-refractivity contribution in [1.29, 1.82) is 0 Å². The number of benzene rings is 1. The Morgan fingerprint density at radius 2 is 1.40 bits per heavy atom. The quantitative estimate of drug-likeness (QED) is 0.306. The van der Waals surface area contributed by atoms with Gasteiger partial charge in [-0.15, -0.1) is 0 Å². The van der Waals surface area contributed by atoms with Crippen LogP contribution in [0.5, 0.6) is 5.75 Å². The van der Waals surface area contributed by atoms with E-state index in [1.807, 2.05) is 0 Å². The van der Waals surface area contributed by atoms with E-state index in [1.165, 1.54) is 0 Å². The van der Waals surface area contributed by atoms with E-state index in [9.17, 15) is 26.7 Å². The summed E-state index contributed by atoms with van der Waals surface area (Å²) < 4.78 is 69.2. The fourth-order valence-electron chi connectivity index (χ4n) is 1.45. The first kappa shape index (κ1) is 16.4. The van der Waals surface area contributed by atoms with Crippen molar-refractivity contribution in [2.45, 2.75) is 26.3 Å². The van der Waals surface area contributed by atoms with E-state index in [0.717, 1.165) is 0 Å². The van der Waals surface area contributed by atoms with Crippen LogP contribution in [0.4, 0.5) is 22.0 Å². The number of ether oxygens (including phenoxy) is 1. The average Bonchev–Trinajstić information content (AvgIpc) is 2.38. The van der Waals surface area contributed by atoms with E-state index in [4.69, 9.17) is 5.73 Å². The molecule has 0 radical (unpaired) electrons. The van der Waals surface area contributed by atoms with Gasteiger partial charge in [0.25, 0.3) is 0 Å². The highest BCUT2D eigenvalue weighted by Crippen LogP contribution is 2.29. The number of nitrogens with two attached hydrogens (primary N) is 1. The Balaban J connectivity index is 3.07. The Bertz CT molecular complexity index is 504. The van der Waals surface area contributed by atoms with Crippen molar-refractivity contribution in [3.05, 3.63) is 29.1 Å². The highest BCUT2D eigenvalue weighted by molar-refractivity contribution is 5.78. The summed E-state index contributed by atoms with van der Waals surface area (Å²) >= 11 is 0. The molecule has 0 aliphatic carbocycles. The number of carbonyl (C=O) groups excluding carboxylic acids is 1. The van der Waals surface area contributed by atoms with Crippen LogP contribution in [0.3, 0.4) is 0 Å². The van der Waals surface area contributed by atoms with Crippen LogP contribution in [0.15, 0.2) is 0 Å². The number of rotatable bonds is 4. The fraction of sp³-hybridized carbons (Fsp3) is 0.417. The third kappa shape index (κ3) is 3.24. The van der Waals surface area contributed by atoms with Gasteiger partial charge in [0.2, 0.25) is 34.8 Å². The molecule has 1 rings (SSSR count). The Labute approximate surface area is 111 Å². The summed E-state index contributed by atoms with van der Waals surface area (Å²) in [4.78, 5) is 11.4. The van der Waals surface area contributed by atoms with Gasteiger partial charge >= 0.3 is 5.97 Å². The first-order valence-electron chi connectivity index (χ1n) is 5.65. The van der Waals surface area contributed by atoms with Crippen LogP contribution < -0.4 is 10.5 Å². The third-order valence-corrected chi connectivity index (χ3v) is 2.40. The molecule has 0 spiro atoms. The zero-order valence-electron chi connectivity index (χ0n) is 10.6. The first-order valence-corrected chi connectivity index (χ1v) is 5.65. The van der Waals surface area contributed by atoms with Crippen molar-refractivity contribution in [2.24, 2.45) is 11.7 Å². The topological polar surface area (TPSA) is 52.3 Å². The highest BCUT2D eigenvalue weighted by Gasteiger charge is 2.29. The van der Waals surface area contributed by atoms with Gasteiger partial charge in [-0.05, 0) is 12.3 Å². The van der Waals surface area contributed by atoms with Gasteiger partial charge in [0.1, 0.15) is 6.04 Å². The summed E-state index contributed by atoms with van der Waals surface area (Å²) in [5, 5.41) is 0. The van der Waals surface area contributed by atoms with E-state index in [2.05, 4.69) is 4.74 Å². The summed E-state index contributed by atoms with van der Waals surface area (Å²) in [7, 11) is 0. The fourth-order valence-corrected chi connectivity index (χ4v) is 1.45. The maximum Gasteiger partial charge on any atom is 0.328 e. The van der Waals surface area contributed by atoms with Crippen molar-refractivity contribution in [1.82, 2.24) is 0 Å². The normalized spacial score (nSPS) is 12.7. The summed E-state index contributed by atoms with van der Waals surface area (Å²) in [6.07, 6.45) is 0.133. The molecule has 8 heteroatoms. The van der Waals surface area contributed by atoms with Crippen LogP contribution in [-0.2, 0) is 4.79 Å². The van der Waals surface area contributed by atoms with Crippen LogP contribution >= 0.6 is 0 Å². The minimum Gasteiger partial charge on any atom is -0.419 e. The molecular formula is C12H12F5NO2. The molecule has 20 heavy (non-hydrogen) atoms. The third-order valence-electron chi connectivity index (χ3n) is 2.40. The molecule has 0 fully saturated rings. The Hall–Kier alpha value is -1.70. The number of esters is 1. The van der Waals surface area contributed by atoms with Gasteiger partial charge in [-0.25, -0.2) is 18.0 Å². The van der Waals surface area contributed by atoms with Crippen molar-refractivity contribution in [3.63, 3.8) is 0 Å². The second kappa shape index (κ2) is 6.17. The minimum absolute atomic E-state index is 0.0195. The van der Waals surface area contributed by atoms with Crippen LogP contribution in [-0.4, -0.2) is 12.0 Å². The SMILES string of the molecule is CC(C)C[C@H](N)C(=O)Oc1c(F)c(F)c(F)c(F)c1F. The van der Waals surface area contributed by atoms with E-state index < -0.39 is 46.8 Å². The lowest BCUT2D eigenvalue weighted by Gasteiger charge is -2.14. The molecule has 0 aliphatic heterocycles. The summed E-state index contributed by atoms with van der Waals surface area (Å²) in [6.45, 7) is 3.46. The molecule has 0 aliphatic rings. The lowest BCUT2D eigenvalue weighted by molar-refractivity contribution is -0.136. The predicted octanol–water partition coefficient (Wildman–Crippen LogP) is 2.66. The van der Waals surface area contributed by atoms with Crippen LogP contribution in [0.2, 0.25) is 0 Å². The molecule has 0 heterocycles. The molecule has 3 nitrogen and oxygen atoms in total. The molecule has 2 N–H and O–H groups in total. The maximum absolute atomic E-state index is 13.2. The average molecular weight is 297 g/mol. The van der Waals surface area contributed by atoms with Gasteiger partial charge in [0, 0.05) is 0 Å². The molecule has 0 unspecified atom stereocenters. The number of hydrogen-bond acceptors (Lipinski definition) is 3. The molecule has 0 amide bonds. The summed E-state index contributed by atoms with van der Waals surface area (Å²) in [5.41, 5.74) is 5.39. The van der Waals surface area contributed by atoms with E-state index in [1.54, 1.807) is 13.8 Å². The molecule has 1 atom stereocenters. The zero-order chi connectivity index (χ0) is 15.6. The second-order valence-electron chi connectivity index (χ2n) is 4.56. The molecule has 0 aromatic heterocycles. The minimum atomic E-state index is -2.33. The monoisotopic (exact) mass is 297 g/mol. The molecule has 112 valence electrons. The standard InChI is InChI=1S/C12H12F5NO2/c1-4(2)3-5(18)12(19)20-11-9(16)7(14)6(13)8(15)10(11)17/h4-5H,3,18H2,1-2H3/t5-/m0/s1. The Morgan fingerprint density at radius 1 is 1.00 bits per heavy atom. The molecule has 1 aromatic carbocycles. The van der Waals surface area contributed by atoms with Gasteiger partial charge in [-0.1, -0.05) is 13.8 Å². The molecule has 0 saturated carbocycles. The Morgan fingerprint density at radius 3 is 1.80 bits per heavy atom. The van der Waals surface area contributed by atoms with Gasteiger partial charge in [-0.2, -0.15) is 8.78 Å². The number of carbonyl (C=O) groups is 1. The number of hydrogen-bond donors (Lipinski definition) is 1. The van der Waals surface area contributed by atoms with E-state index in [-0.39, 0.29) is 12.3 Å². The van der Waals surface area contributed by atoms with Crippen molar-refractivity contribution in [2.75, 3.05) is 0 Å². The lowest BCUT2D eigenvalue weighted by Crippen LogP contribution is -2.36. The van der Waals surface area contributed by atoms with Crippen molar-refractivity contribution in [3.8, 4) is 5.75 Å². The summed E-state index contributed by atoms with van der Waals surface area (Å²) in [6, 6.07) is -1.23. The largest absolute Gasteiger partial charge is 0.419 e. The highest BCUT2D eigenvalue weighted by atomic mass is 19.2. The van der Waals surface area contributed by atoms with Crippen molar-refractivity contribution < 1.29 is 31.5 Å². The van der Waals surface area contributed by atoms with E-state index in [0.29, 0.717) is 0 Å². The van der Waals surface area contributed by atoms with Crippen LogP contribution in [0.1, 0.15) is 20.3 Å². The van der Waals surface area contributed by atoms with Crippen molar-refractivity contribution >= 4 is 5.97 Å². The van der Waals surface area contributed by atoms with Crippen LogP contribution in [0, 0.1) is 35.0 Å². The molecule has 0 saturated heterocycles. The van der Waals surface area contributed by atoms with Gasteiger partial charge in [0.15, 0.2) is 0 Å². The van der Waals surface area contributed by atoms with Gasteiger partial charge in [0.05, 0.1) is 0 Å². The first-order chi connectivity index (χ1) is 9.16. The zero-order valence-corrected chi connectivity index (χ0v) is 10.6. The Kier molecular flexibility index (Phi) is 5.04.